The molecule has 0 N–H and O–H groups in total. The Balaban J connectivity index is 2.03. The van der Waals surface area contributed by atoms with Gasteiger partial charge in [0.25, 0.3) is 0 Å². The largest absolute Gasteiger partial charge is 0.465 e. The zero-order valence-electron chi connectivity index (χ0n) is 5.43. The maximum absolute atomic E-state index is 10.7. The minimum atomic E-state index is -0.0290. The van der Waals surface area contributed by atoms with E-state index in [4.69, 9.17) is 4.74 Å². The van der Waals surface area contributed by atoms with E-state index >= 15 is 0 Å². The molecular formula is C7H11O2. The number of hydrogen-bond acceptors (Lipinski definition) is 2. The van der Waals surface area contributed by atoms with Crippen LogP contribution in [0.1, 0.15) is 19.3 Å². The van der Waals surface area contributed by atoms with Crippen LogP contribution in [0.3, 0.4) is 0 Å². The third-order valence-electron chi connectivity index (χ3n) is 1.30. The van der Waals surface area contributed by atoms with E-state index in [0.717, 1.165) is 12.8 Å². The lowest BCUT2D eigenvalue weighted by molar-refractivity contribution is -0.145. The Morgan fingerprint density at radius 2 is 2.33 bits per heavy atom. The molecule has 0 unspecified atom stereocenters. The van der Waals surface area contributed by atoms with Gasteiger partial charge in [0.15, 0.2) is 0 Å². The number of ether oxygens (including phenoxy) is 1. The van der Waals surface area contributed by atoms with E-state index in [2.05, 4.69) is 6.92 Å². The minimum absolute atomic E-state index is 0.0290. The summed E-state index contributed by atoms with van der Waals surface area (Å²) < 4.78 is 4.81. The Hall–Kier alpha value is -0.530. The lowest BCUT2D eigenvalue weighted by Crippen LogP contribution is -2.06. The molecule has 0 atom stereocenters. The molecule has 0 aromatic carbocycles. The molecule has 2 heteroatoms. The molecule has 9 heavy (non-hydrogen) atoms. The van der Waals surface area contributed by atoms with E-state index in [1.807, 2.05) is 0 Å². The Morgan fingerprint density at radius 3 is 2.78 bits per heavy atom. The summed E-state index contributed by atoms with van der Waals surface area (Å²) in [5, 5.41) is 0. The third-order valence-corrected chi connectivity index (χ3v) is 1.30. The van der Waals surface area contributed by atoms with Gasteiger partial charge in [-0.3, -0.25) is 4.79 Å². The number of rotatable bonds is 3. The first-order valence-corrected chi connectivity index (χ1v) is 3.30. The standard InChI is InChI=1S/C7H11O2/c1-2-5-9-7(8)6-3-4-6/h6H,1-5H2. The predicted molar refractivity (Wildman–Crippen MR) is 33.7 cm³/mol. The molecule has 0 saturated heterocycles. The van der Waals surface area contributed by atoms with Gasteiger partial charge in [0, 0.05) is 0 Å². The Morgan fingerprint density at radius 1 is 1.67 bits per heavy atom. The SMILES string of the molecule is [CH2]CCOC(=O)C1CC1. The van der Waals surface area contributed by atoms with Gasteiger partial charge in [-0.2, -0.15) is 0 Å². The van der Waals surface area contributed by atoms with Gasteiger partial charge in [-0.15, -0.1) is 0 Å². The zero-order valence-corrected chi connectivity index (χ0v) is 5.43. The minimum Gasteiger partial charge on any atom is -0.465 e. The van der Waals surface area contributed by atoms with Crippen molar-refractivity contribution in [1.29, 1.82) is 0 Å². The van der Waals surface area contributed by atoms with E-state index in [1.165, 1.54) is 0 Å². The fraction of sp³-hybridized carbons (Fsp3) is 0.714. The van der Waals surface area contributed by atoms with Crippen molar-refractivity contribution in [2.24, 2.45) is 5.92 Å². The van der Waals surface area contributed by atoms with Gasteiger partial charge in [0.1, 0.15) is 0 Å². The van der Waals surface area contributed by atoms with Crippen LogP contribution < -0.4 is 0 Å². The van der Waals surface area contributed by atoms with Gasteiger partial charge in [0.2, 0.25) is 0 Å². The van der Waals surface area contributed by atoms with Crippen molar-refractivity contribution >= 4 is 5.97 Å². The molecule has 0 amide bonds. The highest BCUT2D eigenvalue weighted by molar-refractivity contribution is 5.74. The average molecular weight is 127 g/mol. The van der Waals surface area contributed by atoms with Crippen LogP contribution in [0.25, 0.3) is 0 Å². The number of carbonyl (C=O) groups is 1. The monoisotopic (exact) mass is 127 g/mol. The quantitative estimate of drug-likeness (QED) is 0.532. The van der Waals surface area contributed by atoms with Gasteiger partial charge in [-0.05, 0) is 26.2 Å². The van der Waals surface area contributed by atoms with Crippen molar-refractivity contribution in [1.82, 2.24) is 0 Å². The molecule has 0 bridgehead atoms. The summed E-state index contributed by atoms with van der Waals surface area (Å²) in [5.41, 5.74) is 0. The van der Waals surface area contributed by atoms with E-state index in [1.54, 1.807) is 0 Å². The molecule has 1 radical (unpaired) electrons. The summed E-state index contributed by atoms with van der Waals surface area (Å²) >= 11 is 0. The van der Waals surface area contributed by atoms with Crippen molar-refractivity contribution in [3.05, 3.63) is 6.92 Å². The predicted octanol–water partition coefficient (Wildman–Crippen LogP) is 1.16. The fourth-order valence-corrected chi connectivity index (χ4v) is 0.610. The van der Waals surface area contributed by atoms with Crippen LogP contribution in [0.4, 0.5) is 0 Å². The first-order valence-electron chi connectivity index (χ1n) is 3.30. The fourth-order valence-electron chi connectivity index (χ4n) is 0.610. The molecular weight excluding hydrogens is 116 g/mol. The van der Waals surface area contributed by atoms with E-state index < -0.39 is 0 Å². The highest BCUT2D eigenvalue weighted by Gasteiger charge is 2.30. The van der Waals surface area contributed by atoms with Crippen LogP contribution in [0.5, 0.6) is 0 Å². The van der Waals surface area contributed by atoms with Crippen molar-refractivity contribution < 1.29 is 9.53 Å². The normalized spacial score (nSPS) is 17.4. The summed E-state index contributed by atoms with van der Waals surface area (Å²) in [6.45, 7) is 4.04. The van der Waals surface area contributed by atoms with E-state index in [-0.39, 0.29) is 11.9 Å². The molecule has 0 aliphatic heterocycles. The highest BCUT2D eigenvalue weighted by atomic mass is 16.5. The lowest BCUT2D eigenvalue weighted by Gasteiger charge is -1.98. The number of carbonyl (C=O) groups excluding carboxylic acids is 1. The molecule has 51 valence electrons. The van der Waals surface area contributed by atoms with E-state index in [0.29, 0.717) is 13.0 Å². The molecule has 1 aliphatic rings. The van der Waals surface area contributed by atoms with Gasteiger partial charge in [-0.1, -0.05) is 0 Å². The zero-order chi connectivity index (χ0) is 6.69. The maximum Gasteiger partial charge on any atom is 0.308 e. The lowest BCUT2D eigenvalue weighted by atomic mass is 10.4. The summed E-state index contributed by atoms with van der Waals surface area (Å²) in [4.78, 5) is 10.7. The van der Waals surface area contributed by atoms with Crippen molar-refractivity contribution in [2.75, 3.05) is 6.61 Å². The maximum atomic E-state index is 10.7. The van der Waals surface area contributed by atoms with Crippen LogP contribution >= 0.6 is 0 Å². The van der Waals surface area contributed by atoms with Gasteiger partial charge in [0.05, 0.1) is 12.5 Å². The molecule has 0 spiro atoms. The summed E-state index contributed by atoms with van der Waals surface area (Å²) in [6.07, 6.45) is 2.73. The smallest absolute Gasteiger partial charge is 0.308 e. The Kier molecular flexibility index (Phi) is 2.09. The van der Waals surface area contributed by atoms with Crippen LogP contribution in [-0.4, -0.2) is 12.6 Å². The first-order chi connectivity index (χ1) is 4.34. The second kappa shape index (κ2) is 2.85. The molecule has 1 rings (SSSR count). The van der Waals surface area contributed by atoms with Crippen LogP contribution in [0, 0.1) is 12.8 Å². The summed E-state index contributed by atoms with van der Waals surface area (Å²) in [6, 6.07) is 0. The molecule has 2 nitrogen and oxygen atoms in total. The van der Waals surface area contributed by atoms with E-state index in [9.17, 15) is 4.79 Å². The topological polar surface area (TPSA) is 26.3 Å². The molecule has 1 saturated carbocycles. The van der Waals surface area contributed by atoms with Crippen molar-refractivity contribution in [2.45, 2.75) is 19.3 Å². The molecule has 0 aromatic heterocycles. The highest BCUT2D eigenvalue weighted by Crippen LogP contribution is 2.29. The third kappa shape index (κ3) is 2.04. The molecule has 1 aliphatic carbocycles. The summed E-state index contributed by atoms with van der Waals surface area (Å²) in [5.74, 6) is 0.204. The second-order valence-corrected chi connectivity index (χ2v) is 2.30. The average Bonchev–Trinajstić information content (AvgIpc) is 2.63. The first kappa shape index (κ1) is 6.59. The number of esters is 1. The van der Waals surface area contributed by atoms with Gasteiger partial charge >= 0.3 is 5.97 Å². The number of hydrogen-bond donors (Lipinski definition) is 0. The molecule has 0 aromatic rings. The van der Waals surface area contributed by atoms with Crippen molar-refractivity contribution in [3.8, 4) is 0 Å². The van der Waals surface area contributed by atoms with Crippen LogP contribution in [-0.2, 0) is 9.53 Å². The molecule has 1 fully saturated rings. The Bertz CT molecular complexity index is 105. The van der Waals surface area contributed by atoms with Gasteiger partial charge < -0.3 is 4.74 Å². The molecule has 0 heterocycles. The summed E-state index contributed by atoms with van der Waals surface area (Å²) in [7, 11) is 0. The van der Waals surface area contributed by atoms with Crippen LogP contribution in [0.15, 0.2) is 0 Å². The Labute approximate surface area is 55.2 Å². The van der Waals surface area contributed by atoms with Gasteiger partial charge in [-0.25, -0.2) is 0 Å². The van der Waals surface area contributed by atoms with Crippen molar-refractivity contribution in [3.63, 3.8) is 0 Å². The van der Waals surface area contributed by atoms with Crippen LogP contribution in [0.2, 0.25) is 0 Å². The second-order valence-electron chi connectivity index (χ2n) is 2.30.